The van der Waals surface area contributed by atoms with Gasteiger partial charge in [-0.15, -0.1) is 11.3 Å². The number of rotatable bonds is 6. The van der Waals surface area contributed by atoms with E-state index in [1.165, 1.54) is 41.9 Å². The standard InChI is InChI=1S/C18H24N2S/c1-15-6-8-16(9-7-15)13-19-14-17(18-5-4-12-21-18)20-10-2-3-11-20/h4-9,12,17,19H,2-3,10-11,13-14H2,1H3. The number of likely N-dealkylation sites (tertiary alicyclic amines) is 1. The molecule has 1 aromatic heterocycles. The van der Waals surface area contributed by atoms with E-state index in [2.05, 4.69) is 58.9 Å². The summed E-state index contributed by atoms with van der Waals surface area (Å²) in [4.78, 5) is 4.13. The zero-order valence-electron chi connectivity index (χ0n) is 12.7. The number of nitrogens with one attached hydrogen (secondary N) is 1. The fourth-order valence-corrected chi connectivity index (χ4v) is 3.86. The van der Waals surface area contributed by atoms with E-state index in [1.54, 1.807) is 0 Å². The molecule has 0 bridgehead atoms. The molecule has 3 heteroatoms. The van der Waals surface area contributed by atoms with Gasteiger partial charge in [0.05, 0.1) is 6.04 Å². The Hall–Kier alpha value is -1.16. The van der Waals surface area contributed by atoms with E-state index in [0.717, 1.165) is 13.1 Å². The lowest BCUT2D eigenvalue weighted by atomic mass is 10.1. The second-order valence-corrected chi connectivity index (χ2v) is 6.87. The maximum atomic E-state index is 3.65. The van der Waals surface area contributed by atoms with Gasteiger partial charge in [0.15, 0.2) is 0 Å². The van der Waals surface area contributed by atoms with Crippen LogP contribution in [0.3, 0.4) is 0 Å². The molecule has 0 saturated carbocycles. The smallest absolute Gasteiger partial charge is 0.0566 e. The highest BCUT2D eigenvalue weighted by atomic mass is 32.1. The van der Waals surface area contributed by atoms with Gasteiger partial charge in [-0.1, -0.05) is 35.9 Å². The van der Waals surface area contributed by atoms with Gasteiger partial charge in [0.25, 0.3) is 0 Å². The maximum absolute atomic E-state index is 3.65. The number of benzene rings is 1. The van der Waals surface area contributed by atoms with Crippen LogP contribution in [0.5, 0.6) is 0 Å². The minimum Gasteiger partial charge on any atom is -0.311 e. The zero-order chi connectivity index (χ0) is 14.5. The Morgan fingerprint density at radius 2 is 1.90 bits per heavy atom. The second-order valence-electron chi connectivity index (χ2n) is 5.89. The van der Waals surface area contributed by atoms with Gasteiger partial charge in [-0.05, 0) is 49.9 Å². The predicted molar refractivity (Wildman–Crippen MR) is 90.8 cm³/mol. The lowest BCUT2D eigenvalue weighted by Gasteiger charge is -2.27. The van der Waals surface area contributed by atoms with Gasteiger partial charge in [-0.3, -0.25) is 4.90 Å². The monoisotopic (exact) mass is 300 g/mol. The fraction of sp³-hybridized carbons (Fsp3) is 0.444. The molecule has 0 amide bonds. The van der Waals surface area contributed by atoms with Crippen molar-refractivity contribution in [3.05, 3.63) is 57.8 Å². The van der Waals surface area contributed by atoms with Crippen LogP contribution in [0, 0.1) is 6.92 Å². The lowest BCUT2D eigenvalue weighted by Crippen LogP contribution is -2.33. The molecule has 1 N–H and O–H groups in total. The molecule has 1 aromatic carbocycles. The number of aryl methyl sites for hydroxylation is 1. The van der Waals surface area contributed by atoms with Crippen molar-refractivity contribution < 1.29 is 0 Å². The summed E-state index contributed by atoms with van der Waals surface area (Å²) in [5.41, 5.74) is 2.69. The zero-order valence-corrected chi connectivity index (χ0v) is 13.5. The van der Waals surface area contributed by atoms with E-state index in [4.69, 9.17) is 0 Å². The quantitative estimate of drug-likeness (QED) is 0.868. The summed E-state index contributed by atoms with van der Waals surface area (Å²) in [5.74, 6) is 0. The second kappa shape index (κ2) is 7.21. The van der Waals surface area contributed by atoms with Crippen LogP contribution in [0.2, 0.25) is 0 Å². The topological polar surface area (TPSA) is 15.3 Å². The maximum Gasteiger partial charge on any atom is 0.0566 e. The molecule has 3 rings (SSSR count). The lowest BCUT2D eigenvalue weighted by molar-refractivity contribution is 0.242. The van der Waals surface area contributed by atoms with Crippen molar-refractivity contribution in [3.8, 4) is 0 Å². The molecule has 2 nitrogen and oxygen atoms in total. The third-order valence-electron chi connectivity index (χ3n) is 4.24. The fourth-order valence-electron chi connectivity index (χ4n) is 3.00. The van der Waals surface area contributed by atoms with Crippen LogP contribution >= 0.6 is 11.3 Å². The molecule has 1 aliphatic rings. The van der Waals surface area contributed by atoms with Crippen LogP contribution in [0.15, 0.2) is 41.8 Å². The Morgan fingerprint density at radius 1 is 1.14 bits per heavy atom. The van der Waals surface area contributed by atoms with Crippen molar-refractivity contribution in [2.24, 2.45) is 0 Å². The number of hydrogen-bond acceptors (Lipinski definition) is 3. The highest BCUT2D eigenvalue weighted by Gasteiger charge is 2.23. The van der Waals surface area contributed by atoms with Crippen LogP contribution in [0.4, 0.5) is 0 Å². The van der Waals surface area contributed by atoms with Gasteiger partial charge in [0.1, 0.15) is 0 Å². The largest absolute Gasteiger partial charge is 0.311 e. The first kappa shape index (κ1) is 14.8. The molecule has 21 heavy (non-hydrogen) atoms. The summed E-state index contributed by atoms with van der Waals surface area (Å²) in [5, 5.41) is 5.84. The summed E-state index contributed by atoms with van der Waals surface area (Å²) in [6.45, 7) is 6.62. The van der Waals surface area contributed by atoms with E-state index in [0.29, 0.717) is 6.04 Å². The summed E-state index contributed by atoms with van der Waals surface area (Å²) >= 11 is 1.88. The molecule has 1 unspecified atom stereocenters. The Balaban J connectivity index is 1.58. The summed E-state index contributed by atoms with van der Waals surface area (Å²) in [7, 11) is 0. The molecule has 0 spiro atoms. The van der Waals surface area contributed by atoms with Gasteiger partial charge in [-0.25, -0.2) is 0 Å². The van der Waals surface area contributed by atoms with Crippen LogP contribution in [0.25, 0.3) is 0 Å². The molecule has 1 aliphatic heterocycles. The van der Waals surface area contributed by atoms with Crippen molar-refractivity contribution in [3.63, 3.8) is 0 Å². The Morgan fingerprint density at radius 3 is 2.57 bits per heavy atom. The number of hydrogen-bond donors (Lipinski definition) is 1. The SMILES string of the molecule is Cc1ccc(CNCC(c2cccs2)N2CCCC2)cc1. The van der Waals surface area contributed by atoms with E-state index in [-0.39, 0.29) is 0 Å². The molecule has 2 heterocycles. The molecule has 1 fully saturated rings. The van der Waals surface area contributed by atoms with Crippen LogP contribution in [0.1, 0.15) is 34.9 Å². The molecule has 1 atom stereocenters. The molecular formula is C18H24N2S. The van der Waals surface area contributed by atoms with Crippen molar-refractivity contribution in [1.29, 1.82) is 0 Å². The Kier molecular flexibility index (Phi) is 5.07. The van der Waals surface area contributed by atoms with Gasteiger partial charge in [-0.2, -0.15) is 0 Å². The molecular weight excluding hydrogens is 276 g/mol. The van der Waals surface area contributed by atoms with Crippen LogP contribution < -0.4 is 5.32 Å². The summed E-state index contributed by atoms with van der Waals surface area (Å²) in [6.07, 6.45) is 2.69. The number of nitrogens with zero attached hydrogens (tertiary/aromatic N) is 1. The van der Waals surface area contributed by atoms with Crippen molar-refractivity contribution in [2.45, 2.75) is 32.4 Å². The van der Waals surface area contributed by atoms with Gasteiger partial charge in [0.2, 0.25) is 0 Å². The van der Waals surface area contributed by atoms with E-state index in [9.17, 15) is 0 Å². The molecule has 2 aromatic rings. The van der Waals surface area contributed by atoms with Crippen molar-refractivity contribution in [2.75, 3.05) is 19.6 Å². The summed E-state index contributed by atoms with van der Waals surface area (Å²) < 4.78 is 0. The number of thiophene rings is 1. The van der Waals surface area contributed by atoms with E-state index < -0.39 is 0 Å². The van der Waals surface area contributed by atoms with Gasteiger partial charge >= 0.3 is 0 Å². The highest BCUT2D eigenvalue weighted by molar-refractivity contribution is 7.10. The molecule has 0 radical (unpaired) electrons. The molecule has 1 saturated heterocycles. The predicted octanol–water partition coefficient (Wildman–Crippen LogP) is 3.98. The average molecular weight is 300 g/mol. The third kappa shape index (κ3) is 3.94. The molecule has 0 aliphatic carbocycles. The first-order chi connectivity index (χ1) is 10.3. The summed E-state index contributed by atoms with van der Waals surface area (Å²) in [6, 6.07) is 13.8. The first-order valence-electron chi connectivity index (χ1n) is 7.86. The third-order valence-corrected chi connectivity index (χ3v) is 5.21. The minimum atomic E-state index is 0.540. The van der Waals surface area contributed by atoms with E-state index in [1.807, 2.05) is 11.3 Å². The average Bonchev–Trinajstić information content (AvgIpc) is 3.19. The van der Waals surface area contributed by atoms with Crippen molar-refractivity contribution in [1.82, 2.24) is 10.2 Å². The van der Waals surface area contributed by atoms with Gasteiger partial charge in [0, 0.05) is 18.0 Å². The normalized spacial score (nSPS) is 17.2. The van der Waals surface area contributed by atoms with Crippen LogP contribution in [-0.2, 0) is 6.54 Å². The minimum absolute atomic E-state index is 0.540. The first-order valence-corrected chi connectivity index (χ1v) is 8.74. The van der Waals surface area contributed by atoms with Crippen LogP contribution in [-0.4, -0.2) is 24.5 Å². The Bertz CT molecular complexity index is 527. The molecule has 112 valence electrons. The Labute approximate surface area is 131 Å². The van der Waals surface area contributed by atoms with Gasteiger partial charge < -0.3 is 5.32 Å². The highest BCUT2D eigenvalue weighted by Crippen LogP contribution is 2.27. The van der Waals surface area contributed by atoms with E-state index >= 15 is 0 Å². The van der Waals surface area contributed by atoms with Crippen molar-refractivity contribution >= 4 is 11.3 Å².